The van der Waals surface area contributed by atoms with E-state index in [0.29, 0.717) is 6.04 Å². The Morgan fingerprint density at radius 3 is 2.80 bits per heavy atom. The largest absolute Gasteiger partial charge is 0.310 e. The zero-order valence-corrected chi connectivity index (χ0v) is 13.4. The molecule has 1 saturated heterocycles. The minimum Gasteiger partial charge on any atom is -0.310 e. The van der Waals surface area contributed by atoms with Gasteiger partial charge in [-0.05, 0) is 32.2 Å². The first-order valence-electron chi connectivity index (χ1n) is 8.60. The van der Waals surface area contributed by atoms with Crippen LogP contribution < -0.4 is 9.88 Å². The first kappa shape index (κ1) is 15.6. The lowest BCUT2D eigenvalue weighted by Crippen LogP contribution is -2.44. The summed E-state index contributed by atoms with van der Waals surface area (Å²) < 4.78 is 4.84. The third kappa shape index (κ3) is 4.62. The van der Waals surface area contributed by atoms with E-state index >= 15 is 0 Å². The second-order valence-electron chi connectivity index (χ2n) is 6.25. The van der Waals surface area contributed by atoms with Gasteiger partial charge in [-0.2, -0.15) is 0 Å². The lowest BCUT2D eigenvalue weighted by molar-refractivity contribution is -0.704. The van der Waals surface area contributed by atoms with Gasteiger partial charge in [-0.3, -0.25) is 0 Å². The Balaban J connectivity index is 1.71. The van der Waals surface area contributed by atoms with Crippen LogP contribution in [0.2, 0.25) is 0 Å². The molecular formula is C17H32N3+. The third-order valence-corrected chi connectivity index (χ3v) is 4.59. The van der Waals surface area contributed by atoms with Crippen molar-refractivity contribution in [3.05, 3.63) is 18.2 Å². The van der Waals surface area contributed by atoms with E-state index in [0.717, 1.165) is 6.54 Å². The fraction of sp³-hybridized carbons (Fsp3) is 0.824. The molecule has 2 heterocycles. The molecule has 1 aromatic rings. The maximum Gasteiger partial charge on any atom is 0.253 e. The van der Waals surface area contributed by atoms with Crippen LogP contribution in [0.15, 0.2) is 12.4 Å². The molecule has 20 heavy (non-hydrogen) atoms. The normalized spacial score (nSPS) is 18.8. The SMILES string of the molecule is CCCCCCCCn1cc[n+](C[C@@H]2CCCN2)c1C. The van der Waals surface area contributed by atoms with E-state index in [9.17, 15) is 0 Å². The van der Waals surface area contributed by atoms with E-state index in [1.807, 2.05) is 0 Å². The molecule has 0 aliphatic carbocycles. The smallest absolute Gasteiger partial charge is 0.253 e. The van der Waals surface area contributed by atoms with E-state index in [4.69, 9.17) is 0 Å². The number of hydrogen-bond donors (Lipinski definition) is 1. The zero-order chi connectivity index (χ0) is 14.2. The standard InChI is InChI=1S/C17H32N3/c1-3-4-5-6-7-8-12-19-13-14-20(16(19)2)15-17-10-9-11-18-17/h13-14,17-18H,3-12,15H2,1-2H3/q+1/t17-/m0/s1. The van der Waals surface area contributed by atoms with Crippen LogP contribution in [0.3, 0.4) is 0 Å². The Labute approximate surface area is 124 Å². The van der Waals surface area contributed by atoms with E-state index in [1.54, 1.807) is 0 Å². The highest BCUT2D eigenvalue weighted by molar-refractivity contribution is 4.80. The molecule has 0 bridgehead atoms. The molecule has 1 N–H and O–H groups in total. The van der Waals surface area contributed by atoms with Crippen LogP contribution in [-0.2, 0) is 13.1 Å². The van der Waals surface area contributed by atoms with Gasteiger partial charge in [-0.15, -0.1) is 0 Å². The molecular weight excluding hydrogens is 246 g/mol. The Kier molecular flexibility index (Phi) is 6.58. The maximum absolute atomic E-state index is 3.58. The molecule has 1 aliphatic rings. The monoisotopic (exact) mass is 278 g/mol. The van der Waals surface area contributed by atoms with Gasteiger partial charge in [0.05, 0.1) is 6.54 Å². The van der Waals surface area contributed by atoms with Crippen molar-refractivity contribution in [1.82, 2.24) is 9.88 Å². The van der Waals surface area contributed by atoms with Crippen LogP contribution in [-0.4, -0.2) is 17.2 Å². The Morgan fingerprint density at radius 2 is 2.05 bits per heavy atom. The molecule has 3 nitrogen and oxygen atoms in total. The minimum absolute atomic E-state index is 0.684. The van der Waals surface area contributed by atoms with Gasteiger partial charge in [0.25, 0.3) is 5.82 Å². The lowest BCUT2D eigenvalue weighted by Gasteiger charge is -2.08. The average molecular weight is 278 g/mol. The minimum atomic E-state index is 0.684. The first-order valence-corrected chi connectivity index (χ1v) is 8.60. The van der Waals surface area contributed by atoms with Crippen molar-refractivity contribution in [2.24, 2.45) is 0 Å². The van der Waals surface area contributed by atoms with Gasteiger partial charge in [0.15, 0.2) is 0 Å². The summed E-state index contributed by atoms with van der Waals surface area (Å²) in [7, 11) is 0. The average Bonchev–Trinajstić information content (AvgIpc) is 3.07. The number of aryl methyl sites for hydroxylation is 1. The summed E-state index contributed by atoms with van der Waals surface area (Å²) in [5.74, 6) is 1.41. The molecule has 1 atom stereocenters. The van der Waals surface area contributed by atoms with Crippen LogP contribution in [0, 0.1) is 6.92 Å². The number of nitrogens with zero attached hydrogens (tertiary/aromatic N) is 2. The van der Waals surface area contributed by atoms with Crippen molar-refractivity contribution in [1.29, 1.82) is 0 Å². The molecule has 1 aliphatic heterocycles. The highest BCUT2D eigenvalue weighted by Gasteiger charge is 2.19. The second kappa shape index (κ2) is 8.46. The van der Waals surface area contributed by atoms with Crippen molar-refractivity contribution in [3.8, 4) is 0 Å². The molecule has 0 aromatic carbocycles. The molecule has 0 amide bonds. The van der Waals surface area contributed by atoms with Crippen LogP contribution in [0.4, 0.5) is 0 Å². The van der Waals surface area contributed by atoms with Crippen molar-refractivity contribution in [2.75, 3.05) is 6.54 Å². The van der Waals surface area contributed by atoms with Crippen LogP contribution in [0.25, 0.3) is 0 Å². The van der Waals surface area contributed by atoms with Gasteiger partial charge < -0.3 is 5.32 Å². The second-order valence-corrected chi connectivity index (χ2v) is 6.25. The Hall–Kier alpha value is -0.830. The Morgan fingerprint density at radius 1 is 1.25 bits per heavy atom. The van der Waals surface area contributed by atoms with Crippen LogP contribution in [0.5, 0.6) is 0 Å². The summed E-state index contributed by atoms with van der Waals surface area (Å²) in [6.07, 6.45) is 15.4. The summed E-state index contributed by atoms with van der Waals surface area (Å²) in [5, 5.41) is 3.58. The number of aromatic nitrogens is 2. The summed E-state index contributed by atoms with van der Waals surface area (Å²) in [4.78, 5) is 0. The molecule has 0 saturated carbocycles. The van der Waals surface area contributed by atoms with Crippen LogP contribution in [0.1, 0.15) is 64.1 Å². The van der Waals surface area contributed by atoms with Gasteiger partial charge in [0.1, 0.15) is 18.9 Å². The molecule has 0 radical (unpaired) electrons. The zero-order valence-electron chi connectivity index (χ0n) is 13.4. The van der Waals surface area contributed by atoms with Crippen molar-refractivity contribution in [2.45, 2.75) is 84.3 Å². The summed E-state index contributed by atoms with van der Waals surface area (Å²) in [6, 6.07) is 0.684. The topological polar surface area (TPSA) is 20.8 Å². The van der Waals surface area contributed by atoms with Crippen molar-refractivity contribution in [3.63, 3.8) is 0 Å². The van der Waals surface area contributed by atoms with E-state index < -0.39 is 0 Å². The van der Waals surface area contributed by atoms with Gasteiger partial charge in [-0.25, -0.2) is 9.13 Å². The third-order valence-electron chi connectivity index (χ3n) is 4.59. The Bertz CT molecular complexity index is 378. The number of unbranched alkanes of at least 4 members (excludes halogenated alkanes) is 5. The number of hydrogen-bond acceptors (Lipinski definition) is 1. The van der Waals surface area contributed by atoms with E-state index in [-0.39, 0.29) is 0 Å². The van der Waals surface area contributed by atoms with Gasteiger partial charge in [0, 0.05) is 13.0 Å². The highest BCUT2D eigenvalue weighted by Crippen LogP contribution is 2.08. The number of rotatable bonds is 9. The number of nitrogens with one attached hydrogen (secondary N) is 1. The molecule has 2 rings (SSSR count). The summed E-state index contributed by atoms with van der Waals surface area (Å²) in [5.41, 5.74) is 0. The van der Waals surface area contributed by atoms with Gasteiger partial charge in [0.2, 0.25) is 0 Å². The molecule has 114 valence electrons. The van der Waals surface area contributed by atoms with E-state index in [1.165, 1.54) is 70.3 Å². The summed E-state index contributed by atoms with van der Waals surface area (Å²) >= 11 is 0. The molecule has 0 spiro atoms. The van der Waals surface area contributed by atoms with Crippen molar-refractivity contribution >= 4 is 0 Å². The number of imidazole rings is 1. The maximum atomic E-state index is 3.58. The molecule has 0 unspecified atom stereocenters. The van der Waals surface area contributed by atoms with E-state index in [2.05, 4.69) is 40.7 Å². The van der Waals surface area contributed by atoms with Gasteiger partial charge >= 0.3 is 0 Å². The molecule has 1 fully saturated rings. The summed E-state index contributed by atoms with van der Waals surface area (Å²) in [6.45, 7) is 8.05. The predicted molar refractivity (Wildman–Crippen MR) is 83.8 cm³/mol. The first-order chi connectivity index (χ1) is 9.81. The molecule has 3 heteroatoms. The fourth-order valence-corrected chi connectivity index (χ4v) is 3.18. The van der Waals surface area contributed by atoms with Gasteiger partial charge in [-0.1, -0.05) is 32.6 Å². The van der Waals surface area contributed by atoms with Crippen LogP contribution >= 0.6 is 0 Å². The van der Waals surface area contributed by atoms with Crippen molar-refractivity contribution < 1.29 is 4.57 Å². The quantitative estimate of drug-likeness (QED) is 0.543. The predicted octanol–water partition coefficient (Wildman–Crippen LogP) is 3.20. The fourth-order valence-electron chi connectivity index (χ4n) is 3.18. The highest BCUT2D eigenvalue weighted by atomic mass is 15.2. The molecule has 1 aromatic heterocycles. The lowest BCUT2D eigenvalue weighted by atomic mass is 10.1.